The van der Waals surface area contributed by atoms with Gasteiger partial charge in [-0.05, 0) is 13.8 Å². The van der Waals surface area contributed by atoms with Crippen LogP contribution in [-0.4, -0.2) is 41.6 Å². The van der Waals surface area contributed by atoms with Gasteiger partial charge in [-0.3, -0.25) is 9.59 Å². The Labute approximate surface area is 115 Å². The average Bonchev–Trinajstić information content (AvgIpc) is 2.74. The van der Waals surface area contributed by atoms with Gasteiger partial charge in [-0.25, -0.2) is 4.98 Å². The smallest absolute Gasteiger partial charge is 0.315 e. The van der Waals surface area contributed by atoms with Gasteiger partial charge in [0.25, 0.3) is 0 Å². The number of nitrogens with one attached hydrogen (secondary N) is 1. The second kappa shape index (κ2) is 5.16. The highest BCUT2D eigenvalue weighted by molar-refractivity contribution is 7.13. The van der Waals surface area contributed by atoms with Crippen LogP contribution in [0.25, 0.3) is 0 Å². The zero-order chi connectivity index (χ0) is 14.0. The Balaban J connectivity index is 2.17. The predicted molar refractivity (Wildman–Crippen MR) is 72.6 cm³/mol. The minimum Gasteiger partial charge on any atom is -0.481 e. The van der Waals surface area contributed by atoms with E-state index in [2.05, 4.69) is 10.3 Å². The van der Waals surface area contributed by atoms with Gasteiger partial charge in [-0.1, -0.05) is 0 Å². The molecule has 0 saturated carbocycles. The van der Waals surface area contributed by atoms with Crippen molar-refractivity contribution >= 4 is 28.3 Å². The van der Waals surface area contributed by atoms with Gasteiger partial charge in [-0.15, -0.1) is 11.3 Å². The molecule has 104 valence electrons. The topological polar surface area (TPSA) is 82.5 Å². The molecule has 19 heavy (non-hydrogen) atoms. The molecule has 0 atom stereocenters. The van der Waals surface area contributed by atoms with E-state index in [0.29, 0.717) is 31.7 Å². The fourth-order valence-electron chi connectivity index (χ4n) is 1.76. The summed E-state index contributed by atoms with van der Waals surface area (Å²) >= 11 is 1.42. The molecule has 1 fully saturated rings. The minimum absolute atomic E-state index is 0.0464. The average molecular weight is 283 g/mol. The molecule has 1 aromatic rings. The molecule has 0 aliphatic carbocycles. The van der Waals surface area contributed by atoms with E-state index in [4.69, 9.17) is 0 Å². The van der Waals surface area contributed by atoms with Gasteiger partial charge in [0.05, 0.1) is 5.69 Å². The molecule has 0 bridgehead atoms. The standard InChI is InChI=1S/C12H17N3O3S/c1-12(2,10(17)18)8-7-19-11(14-8)15-5-3-9(16)13-4-6-15/h7H,3-6H2,1-2H3,(H,13,16)(H,17,18). The highest BCUT2D eigenvalue weighted by Gasteiger charge is 2.32. The first kappa shape index (κ1) is 13.8. The Morgan fingerprint density at radius 2 is 2.26 bits per heavy atom. The van der Waals surface area contributed by atoms with Crippen molar-refractivity contribution in [3.63, 3.8) is 0 Å². The number of anilines is 1. The summed E-state index contributed by atoms with van der Waals surface area (Å²) in [7, 11) is 0. The normalized spacial score (nSPS) is 16.9. The highest BCUT2D eigenvalue weighted by atomic mass is 32.1. The predicted octanol–water partition coefficient (Wildman–Crippen LogP) is 0.832. The van der Waals surface area contributed by atoms with Crippen molar-refractivity contribution in [2.75, 3.05) is 24.5 Å². The molecule has 0 unspecified atom stereocenters. The Bertz CT molecular complexity index is 498. The number of carbonyl (C=O) groups is 2. The number of carboxylic acids is 1. The van der Waals surface area contributed by atoms with Gasteiger partial charge in [0.2, 0.25) is 5.91 Å². The van der Waals surface area contributed by atoms with Crippen LogP contribution in [-0.2, 0) is 15.0 Å². The number of rotatable bonds is 3. The van der Waals surface area contributed by atoms with Gasteiger partial charge < -0.3 is 15.3 Å². The number of nitrogens with zero attached hydrogens (tertiary/aromatic N) is 2. The van der Waals surface area contributed by atoms with Gasteiger partial charge in [-0.2, -0.15) is 0 Å². The number of hydrogen-bond acceptors (Lipinski definition) is 5. The van der Waals surface area contributed by atoms with Crippen molar-refractivity contribution in [2.24, 2.45) is 0 Å². The molecule has 0 radical (unpaired) electrons. The molecule has 2 N–H and O–H groups in total. The summed E-state index contributed by atoms with van der Waals surface area (Å²) in [5.41, 5.74) is -0.433. The third-order valence-corrected chi connectivity index (χ3v) is 4.15. The SMILES string of the molecule is CC(C)(C(=O)O)c1csc(N2CCNC(=O)CC2)n1. The molecule has 1 aliphatic heterocycles. The van der Waals surface area contributed by atoms with Crippen molar-refractivity contribution in [2.45, 2.75) is 25.7 Å². The van der Waals surface area contributed by atoms with Gasteiger partial charge >= 0.3 is 5.97 Å². The lowest BCUT2D eigenvalue weighted by molar-refractivity contribution is -0.142. The molecule has 0 aromatic carbocycles. The van der Waals surface area contributed by atoms with Crippen LogP contribution in [0.15, 0.2) is 5.38 Å². The van der Waals surface area contributed by atoms with Crippen LogP contribution in [0.4, 0.5) is 5.13 Å². The summed E-state index contributed by atoms with van der Waals surface area (Å²) in [6.07, 6.45) is 0.442. The molecule has 1 amide bonds. The maximum atomic E-state index is 11.3. The lowest BCUT2D eigenvalue weighted by Gasteiger charge is -2.19. The van der Waals surface area contributed by atoms with E-state index < -0.39 is 11.4 Å². The molecular formula is C12H17N3O3S. The molecule has 2 rings (SSSR count). The van der Waals surface area contributed by atoms with Crippen LogP contribution in [0, 0.1) is 0 Å². The number of carboxylic acid groups (broad SMARTS) is 1. The van der Waals surface area contributed by atoms with E-state index in [9.17, 15) is 14.7 Å². The minimum atomic E-state index is -0.991. The highest BCUT2D eigenvalue weighted by Crippen LogP contribution is 2.29. The Hall–Kier alpha value is -1.63. The first-order chi connectivity index (χ1) is 8.91. The molecule has 0 spiro atoms. The summed E-state index contributed by atoms with van der Waals surface area (Å²) in [6, 6.07) is 0. The Morgan fingerprint density at radius 3 is 2.95 bits per heavy atom. The first-order valence-corrected chi connectivity index (χ1v) is 7.00. The van der Waals surface area contributed by atoms with Crippen molar-refractivity contribution < 1.29 is 14.7 Å². The van der Waals surface area contributed by atoms with Crippen LogP contribution in [0.1, 0.15) is 26.0 Å². The Morgan fingerprint density at radius 1 is 1.53 bits per heavy atom. The quantitative estimate of drug-likeness (QED) is 0.858. The number of carbonyl (C=O) groups excluding carboxylic acids is 1. The molecule has 2 heterocycles. The molecule has 1 aliphatic rings. The van der Waals surface area contributed by atoms with Gasteiger partial charge in [0, 0.05) is 31.4 Å². The number of hydrogen-bond donors (Lipinski definition) is 2. The van der Waals surface area contributed by atoms with Crippen LogP contribution in [0.5, 0.6) is 0 Å². The first-order valence-electron chi connectivity index (χ1n) is 6.12. The second-order valence-corrected chi connectivity index (χ2v) is 5.87. The summed E-state index contributed by atoms with van der Waals surface area (Å²) < 4.78 is 0. The van der Waals surface area contributed by atoms with Crippen LogP contribution < -0.4 is 10.2 Å². The van der Waals surface area contributed by atoms with Gasteiger partial charge in [0.15, 0.2) is 5.13 Å². The van der Waals surface area contributed by atoms with Crippen molar-refractivity contribution in [1.82, 2.24) is 10.3 Å². The molecule has 1 aromatic heterocycles. The van der Waals surface area contributed by atoms with Gasteiger partial charge in [0.1, 0.15) is 5.41 Å². The lowest BCUT2D eigenvalue weighted by Crippen LogP contribution is -2.30. The largest absolute Gasteiger partial charge is 0.481 e. The van der Waals surface area contributed by atoms with Crippen LogP contribution >= 0.6 is 11.3 Å². The number of amides is 1. The third-order valence-electron chi connectivity index (χ3n) is 3.25. The molecule has 7 heteroatoms. The van der Waals surface area contributed by atoms with Crippen molar-refractivity contribution in [1.29, 1.82) is 0 Å². The molecular weight excluding hydrogens is 266 g/mol. The van der Waals surface area contributed by atoms with E-state index in [-0.39, 0.29) is 5.91 Å². The van der Waals surface area contributed by atoms with E-state index in [1.807, 2.05) is 4.90 Å². The van der Waals surface area contributed by atoms with Crippen molar-refractivity contribution in [3.05, 3.63) is 11.1 Å². The van der Waals surface area contributed by atoms with E-state index in [0.717, 1.165) is 5.13 Å². The zero-order valence-electron chi connectivity index (χ0n) is 11.0. The van der Waals surface area contributed by atoms with Crippen molar-refractivity contribution in [3.8, 4) is 0 Å². The fraction of sp³-hybridized carbons (Fsp3) is 0.583. The lowest BCUT2D eigenvalue weighted by atomic mass is 9.90. The second-order valence-electron chi connectivity index (χ2n) is 5.03. The summed E-state index contributed by atoms with van der Waals surface area (Å²) in [5, 5.41) is 14.6. The molecule has 6 nitrogen and oxygen atoms in total. The van der Waals surface area contributed by atoms with E-state index >= 15 is 0 Å². The monoisotopic (exact) mass is 283 g/mol. The summed E-state index contributed by atoms with van der Waals surface area (Å²) in [5.74, 6) is -0.845. The number of aromatic nitrogens is 1. The summed E-state index contributed by atoms with van der Waals surface area (Å²) in [4.78, 5) is 28.9. The zero-order valence-corrected chi connectivity index (χ0v) is 11.8. The van der Waals surface area contributed by atoms with Crippen LogP contribution in [0.2, 0.25) is 0 Å². The van der Waals surface area contributed by atoms with E-state index in [1.165, 1.54) is 11.3 Å². The van der Waals surface area contributed by atoms with Crippen LogP contribution in [0.3, 0.4) is 0 Å². The summed E-state index contributed by atoms with van der Waals surface area (Å²) in [6.45, 7) is 5.19. The Kier molecular flexibility index (Phi) is 3.75. The molecule has 1 saturated heterocycles. The number of thiazole rings is 1. The third kappa shape index (κ3) is 2.86. The maximum absolute atomic E-state index is 11.3. The number of aliphatic carboxylic acids is 1. The maximum Gasteiger partial charge on any atom is 0.315 e. The van der Waals surface area contributed by atoms with E-state index in [1.54, 1.807) is 19.2 Å². The fourth-order valence-corrected chi connectivity index (χ4v) is 2.81.